The first-order valence-electron chi connectivity index (χ1n) is 5.75. The molecule has 0 unspecified atom stereocenters. The van der Waals surface area contributed by atoms with Crippen molar-refractivity contribution in [3.05, 3.63) is 57.4 Å². The molecule has 0 atom stereocenters. The molecule has 9 heteroatoms. The zero-order chi connectivity index (χ0) is 16.5. The number of anilines is 1. The van der Waals surface area contributed by atoms with Crippen molar-refractivity contribution >= 4 is 38.3 Å². The SMILES string of the molecule is O=S(=O)(Nc1ccc(F)c(C(F)(F)F)c1)c1ccc(I)cc1. The fourth-order valence-corrected chi connectivity index (χ4v) is 3.04. The number of hydrogen-bond donors (Lipinski definition) is 1. The molecule has 0 bridgehead atoms. The molecule has 0 heterocycles. The highest BCUT2D eigenvalue weighted by molar-refractivity contribution is 14.1. The summed E-state index contributed by atoms with van der Waals surface area (Å²) in [5.74, 6) is -1.47. The number of rotatable bonds is 3. The molecule has 0 fully saturated rings. The Labute approximate surface area is 137 Å². The van der Waals surface area contributed by atoms with E-state index in [9.17, 15) is 26.0 Å². The largest absolute Gasteiger partial charge is 0.419 e. The van der Waals surface area contributed by atoms with Crippen molar-refractivity contribution in [3.8, 4) is 0 Å². The molecule has 0 amide bonds. The van der Waals surface area contributed by atoms with E-state index in [0.717, 1.165) is 9.64 Å². The van der Waals surface area contributed by atoms with Gasteiger partial charge in [-0.3, -0.25) is 4.72 Å². The lowest BCUT2D eigenvalue weighted by Crippen LogP contribution is -2.15. The van der Waals surface area contributed by atoms with Crippen molar-refractivity contribution in [2.45, 2.75) is 11.1 Å². The van der Waals surface area contributed by atoms with E-state index in [-0.39, 0.29) is 10.6 Å². The Balaban J connectivity index is 2.36. The van der Waals surface area contributed by atoms with Crippen LogP contribution in [0, 0.1) is 9.39 Å². The third-order valence-corrected chi connectivity index (χ3v) is 4.76. The Morgan fingerprint density at radius 2 is 1.59 bits per heavy atom. The van der Waals surface area contributed by atoms with Crippen LogP contribution < -0.4 is 4.72 Å². The maximum atomic E-state index is 13.2. The van der Waals surface area contributed by atoms with Crippen LogP contribution in [0.1, 0.15) is 5.56 Å². The minimum Gasteiger partial charge on any atom is -0.280 e. The van der Waals surface area contributed by atoms with E-state index in [2.05, 4.69) is 0 Å². The Bertz CT molecular complexity index is 789. The number of hydrogen-bond acceptors (Lipinski definition) is 2. The van der Waals surface area contributed by atoms with E-state index in [1.165, 1.54) is 12.1 Å². The zero-order valence-electron chi connectivity index (χ0n) is 10.7. The number of sulfonamides is 1. The highest BCUT2D eigenvalue weighted by Crippen LogP contribution is 2.33. The van der Waals surface area contributed by atoms with E-state index in [4.69, 9.17) is 0 Å². The molecule has 2 aromatic rings. The van der Waals surface area contributed by atoms with Gasteiger partial charge >= 0.3 is 6.18 Å². The van der Waals surface area contributed by atoms with Gasteiger partial charge in [0, 0.05) is 9.26 Å². The van der Waals surface area contributed by atoms with Crippen molar-refractivity contribution in [1.29, 1.82) is 0 Å². The molecule has 0 aromatic heterocycles. The van der Waals surface area contributed by atoms with Gasteiger partial charge in [0.1, 0.15) is 5.82 Å². The predicted octanol–water partition coefficient (Wildman–Crippen LogP) is 4.25. The van der Waals surface area contributed by atoms with Crippen molar-refractivity contribution < 1.29 is 26.0 Å². The first-order valence-corrected chi connectivity index (χ1v) is 8.31. The van der Waals surface area contributed by atoms with Crippen LogP contribution in [0.4, 0.5) is 23.2 Å². The summed E-state index contributed by atoms with van der Waals surface area (Å²) in [6.45, 7) is 0. The highest BCUT2D eigenvalue weighted by Gasteiger charge is 2.34. The molecule has 0 saturated heterocycles. The van der Waals surface area contributed by atoms with Gasteiger partial charge in [-0.25, -0.2) is 12.8 Å². The Kier molecular flexibility index (Phi) is 4.66. The molecule has 118 valence electrons. The van der Waals surface area contributed by atoms with Crippen molar-refractivity contribution in [1.82, 2.24) is 0 Å². The Hall–Kier alpha value is -1.36. The number of halogens is 5. The van der Waals surface area contributed by atoms with Gasteiger partial charge in [0.2, 0.25) is 0 Å². The summed E-state index contributed by atoms with van der Waals surface area (Å²) in [4.78, 5) is -0.106. The van der Waals surface area contributed by atoms with Gasteiger partial charge < -0.3 is 0 Å². The summed E-state index contributed by atoms with van der Waals surface area (Å²) < 4.78 is 77.9. The molecular weight excluding hydrogens is 437 g/mol. The molecule has 22 heavy (non-hydrogen) atoms. The number of nitrogens with one attached hydrogen (secondary N) is 1. The second-order valence-corrected chi connectivity index (χ2v) is 7.18. The smallest absolute Gasteiger partial charge is 0.280 e. The van der Waals surface area contributed by atoms with Crippen LogP contribution in [0.3, 0.4) is 0 Å². The van der Waals surface area contributed by atoms with Gasteiger partial charge in [-0.15, -0.1) is 0 Å². The van der Waals surface area contributed by atoms with Crippen LogP contribution in [0.25, 0.3) is 0 Å². The lowest BCUT2D eigenvalue weighted by molar-refractivity contribution is -0.139. The maximum Gasteiger partial charge on any atom is 0.419 e. The molecular formula is C13H8F4INO2S. The highest BCUT2D eigenvalue weighted by atomic mass is 127. The molecule has 0 radical (unpaired) electrons. The fourth-order valence-electron chi connectivity index (χ4n) is 1.63. The van der Waals surface area contributed by atoms with Crippen LogP contribution in [-0.4, -0.2) is 8.42 Å². The second kappa shape index (κ2) is 6.03. The Morgan fingerprint density at radius 1 is 1.00 bits per heavy atom. The average Bonchev–Trinajstić information content (AvgIpc) is 2.40. The molecule has 0 aliphatic heterocycles. The molecule has 1 N–H and O–H groups in total. The second-order valence-electron chi connectivity index (χ2n) is 4.25. The van der Waals surface area contributed by atoms with Gasteiger partial charge in [0.15, 0.2) is 0 Å². The van der Waals surface area contributed by atoms with E-state index in [0.29, 0.717) is 12.1 Å². The summed E-state index contributed by atoms with van der Waals surface area (Å²) in [5, 5.41) is 0. The summed E-state index contributed by atoms with van der Waals surface area (Å²) in [7, 11) is -4.05. The Morgan fingerprint density at radius 3 is 2.14 bits per heavy atom. The third-order valence-electron chi connectivity index (χ3n) is 2.65. The van der Waals surface area contributed by atoms with Crippen molar-refractivity contribution in [2.75, 3.05) is 4.72 Å². The van der Waals surface area contributed by atoms with E-state index < -0.39 is 27.6 Å². The third kappa shape index (κ3) is 3.88. The van der Waals surface area contributed by atoms with Crippen LogP contribution >= 0.6 is 22.6 Å². The lowest BCUT2D eigenvalue weighted by atomic mass is 10.2. The van der Waals surface area contributed by atoms with Gasteiger partial charge in [-0.1, -0.05) is 0 Å². The average molecular weight is 445 g/mol. The van der Waals surface area contributed by atoms with Crippen LogP contribution in [0.2, 0.25) is 0 Å². The first-order chi connectivity index (χ1) is 10.1. The molecule has 0 spiro atoms. The van der Waals surface area contributed by atoms with E-state index >= 15 is 0 Å². The topological polar surface area (TPSA) is 46.2 Å². The van der Waals surface area contributed by atoms with Crippen molar-refractivity contribution in [2.24, 2.45) is 0 Å². The van der Waals surface area contributed by atoms with E-state index in [1.54, 1.807) is 12.1 Å². The van der Waals surface area contributed by atoms with Crippen molar-refractivity contribution in [3.63, 3.8) is 0 Å². The summed E-state index contributed by atoms with van der Waals surface area (Å²) in [5.41, 5.74) is -1.90. The molecule has 2 aromatic carbocycles. The predicted molar refractivity (Wildman–Crippen MR) is 81.4 cm³/mol. The van der Waals surface area contributed by atoms with Crippen LogP contribution in [-0.2, 0) is 16.2 Å². The van der Waals surface area contributed by atoms with Gasteiger partial charge in [0.05, 0.1) is 10.5 Å². The molecule has 2 rings (SSSR count). The summed E-state index contributed by atoms with van der Waals surface area (Å²) >= 11 is 1.98. The lowest BCUT2D eigenvalue weighted by Gasteiger charge is -2.12. The van der Waals surface area contributed by atoms with Gasteiger partial charge in [-0.05, 0) is 65.1 Å². The zero-order valence-corrected chi connectivity index (χ0v) is 13.6. The summed E-state index contributed by atoms with van der Waals surface area (Å²) in [6, 6.07) is 7.63. The number of alkyl halides is 3. The molecule has 0 saturated carbocycles. The number of benzene rings is 2. The van der Waals surface area contributed by atoms with Gasteiger partial charge in [0.25, 0.3) is 10.0 Å². The van der Waals surface area contributed by atoms with E-state index in [1.807, 2.05) is 27.3 Å². The quantitative estimate of drug-likeness (QED) is 0.568. The molecule has 0 aliphatic carbocycles. The molecule has 0 aliphatic rings. The first kappa shape index (κ1) is 17.0. The maximum absolute atomic E-state index is 13.2. The normalized spacial score (nSPS) is 12.2. The van der Waals surface area contributed by atoms with Crippen LogP contribution in [0.15, 0.2) is 47.4 Å². The fraction of sp³-hybridized carbons (Fsp3) is 0.0769. The van der Waals surface area contributed by atoms with Gasteiger partial charge in [-0.2, -0.15) is 13.2 Å². The summed E-state index contributed by atoms with van der Waals surface area (Å²) in [6.07, 6.45) is -4.91. The minimum atomic E-state index is -4.91. The minimum absolute atomic E-state index is 0.106. The molecule has 3 nitrogen and oxygen atoms in total. The monoisotopic (exact) mass is 445 g/mol. The van der Waals surface area contributed by atoms with Crippen LogP contribution in [0.5, 0.6) is 0 Å². The standard InChI is InChI=1S/C13H8F4INO2S/c14-12-6-3-9(7-11(12)13(15,16)17)19-22(20,21)10-4-1-8(18)2-5-10/h1-7,19H.